The van der Waals surface area contributed by atoms with Crippen LogP contribution in [0.15, 0.2) is 6.20 Å². The predicted octanol–water partition coefficient (Wildman–Crippen LogP) is 1.90. The zero-order valence-electron chi connectivity index (χ0n) is 12.9. The maximum absolute atomic E-state index is 11.6. The van der Waals surface area contributed by atoms with E-state index in [4.69, 9.17) is 0 Å². The van der Waals surface area contributed by atoms with Gasteiger partial charge in [0.25, 0.3) is 0 Å². The molecule has 20 heavy (non-hydrogen) atoms. The second kappa shape index (κ2) is 6.87. The minimum absolute atomic E-state index is 0.435. The van der Waals surface area contributed by atoms with Crippen LogP contribution in [0.5, 0.6) is 0 Å². The molecule has 0 aliphatic rings. The summed E-state index contributed by atoms with van der Waals surface area (Å²) in [5.41, 5.74) is 0. The van der Waals surface area contributed by atoms with E-state index in [1.807, 2.05) is 6.20 Å². The van der Waals surface area contributed by atoms with Crippen LogP contribution in [0.3, 0.4) is 0 Å². The van der Waals surface area contributed by atoms with E-state index in [0.717, 1.165) is 23.1 Å². The van der Waals surface area contributed by atoms with Gasteiger partial charge in [0.1, 0.15) is 0 Å². The van der Waals surface area contributed by atoms with Crippen molar-refractivity contribution in [2.45, 2.75) is 39.0 Å². The van der Waals surface area contributed by atoms with Gasteiger partial charge in [-0.2, -0.15) is 0 Å². The van der Waals surface area contributed by atoms with E-state index in [9.17, 15) is 8.42 Å². The molecule has 0 atom stereocenters. The summed E-state index contributed by atoms with van der Waals surface area (Å²) in [5.74, 6) is 0. The summed E-state index contributed by atoms with van der Waals surface area (Å²) < 4.78 is 22.5. The second-order valence-electron chi connectivity index (χ2n) is 5.42. The maximum atomic E-state index is 11.6. The van der Waals surface area contributed by atoms with Crippen molar-refractivity contribution in [1.29, 1.82) is 0 Å². The number of rotatable bonds is 8. The zero-order chi connectivity index (χ0) is 15.4. The Morgan fingerprint density at radius 2 is 1.95 bits per heavy atom. The first-order chi connectivity index (χ1) is 9.21. The molecule has 7 heteroatoms. The molecule has 0 unspecified atom stereocenters. The van der Waals surface area contributed by atoms with Crippen molar-refractivity contribution in [2.75, 3.05) is 30.8 Å². The van der Waals surface area contributed by atoms with Crippen LogP contribution in [-0.2, 0) is 16.4 Å². The molecule has 1 N–H and O–H groups in total. The molecule has 0 fully saturated rings. The Morgan fingerprint density at radius 3 is 2.45 bits per heavy atom. The second-order valence-corrected chi connectivity index (χ2v) is 9.16. The Labute approximate surface area is 126 Å². The molecule has 0 aliphatic heterocycles. The van der Waals surface area contributed by atoms with Crippen LogP contribution in [-0.4, -0.2) is 44.0 Å². The van der Waals surface area contributed by atoms with Crippen molar-refractivity contribution in [1.82, 2.24) is 10.3 Å². The molecule has 1 aromatic heterocycles. The molecule has 0 saturated carbocycles. The summed E-state index contributed by atoms with van der Waals surface area (Å²) in [6.07, 6.45) is 3.14. The van der Waals surface area contributed by atoms with Crippen molar-refractivity contribution in [3.05, 3.63) is 11.1 Å². The summed E-state index contributed by atoms with van der Waals surface area (Å²) in [7, 11) is -3.06. The first-order valence-corrected chi connectivity index (χ1v) is 9.52. The summed E-state index contributed by atoms with van der Waals surface area (Å²) >= 11 is 1.65. The number of hydrogen-bond donors (Lipinski definition) is 1. The van der Waals surface area contributed by atoms with Gasteiger partial charge in [0.15, 0.2) is 15.0 Å². The predicted molar refractivity (Wildman–Crippen MR) is 86.3 cm³/mol. The van der Waals surface area contributed by atoms with Crippen molar-refractivity contribution < 1.29 is 8.42 Å². The number of thiazole rings is 1. The zero-order valence-corrected chi connectivity index (χ0v) is 14.6. The molecule has 5 nitrogen and oxygen atoms in total. The van der Waals surface area contributed by atoms with Gasteiger partial charge in [-0.25, -0.2) is 13.4 Å². The molecule has 1 rings (SSSR count). The molecule has 0 aliphatic carbocycles. The minimum atomic E-state index is -3.06. The molecular formula is C13H25N3O2S2. The fraction of sp³-hybridized carbons (Fsp3) is 0.769. The van der Waals surface area contributed by atoms with Gasteiger partial charge in [-0.05, 0) is 27.7 Å². The van der Waals surface area contributed by atoms with Crippen molar-refractivity contribution in [3.8, 4) is 0 Å². The molecule has 0 amide bonds. The normalized spacial score (nSPS) is 12.7. The van der Waals surface area contributed by atoms with Crippen molar-refractivity contribution >= 4 is 26.3 Å². The highest BCUT2D eigenvalue weighted by molar-refractivity contribution is 7.92. The summed E-state index contributed by atoms with van der Waals surface area (Å²) in [6, 6.07) is 0. The minimum Gasteiger partial charge on any atom is -0.349 e. The van der Waals surface area contributed by atoms with Crippen LogP contribution >= 0.6 is 11.3 Å². The third-order valence-electron chi connectivity index (χ3n) is 3.43. The summed E-state index contributed by atoms with van der Waals surface area (Å²) in [6.45, 7) is 10.7. The van der Waals surface area contributed by atoms with Gasteiger partial charge < -0.3 is 10.2 Å². The molecule has 116 valence electrons. The van der Waals surface area contributed by atoms with Crippen LogP contribution in [0.1, 0.15) is 32.6 Å². The van der Waals surface area contributed by atoms with Gasteiger partial charge in [0, 0.05) is 43.5 Å². The van der Waals surface area contributed by atoms with E-state index in [1.165, 1.54) is 6.26 Å². The first-order valence-electron chi connectivity index (χ1n) is 6.81. The lowest BCUT2D eigenvalue weighted by molar-refractivity contribution is 0.522. The Hall–Kier alpha value is -0.660. The van der Waals surface area contributed by atoms with Gasteiger partial charge in [-0.3, -0.25) is 0 Å². The lowest BCUT2D eigenvalue weighted by Crippen LogP contribution is -2.41. The first kappa shape index (κ1) is 17.4. The average molecular weight is 319 g/mol. The Kier molecular flexibility index (Phi) is 5.97. The Morgan fingerprint density at radius 1 is 1.35 bits per heavy atom. The number of hydrogen-bond acceptors (Lipinski definition) is 6. The Balaban J connectivity index is 2.56. The van der Waals surface area contributed by atoms with Crippen molar-refractivity contribution in [2.24, 2.45) is 0 Å². The van der Waals surface area contributed by atoms with E-state index >= 15 is 0 Å². The topological polar surface area (TPSA) is 62.3 Å². The highest BCUT2D eigenvalue weighted by Gasteiger charge is 2.29. The van der Waals surface area contributed by atoms with Gasteiger partial charge in [0.2, 0.25) is 0 Å². The van der Waals surface area contributed by atoms with Crippen LogP contribution < -0.4 is 10.2 Å². The van der Waals surface area contributed by atoms with E-state index in [2.05, 4.69) is 29.0 Å². The smallest absolute Gasteiger partial charge is 0.185 e. The summed E-state index contributed by atoms with van der Waals surface area (Å²) in [4.78, 5) is 7.73. The molecule has 0 spiro atoms. The third kappa shape index (κ3) is 4.43. The van der Waals surface area contributed by atoms with Gasteiger partial charge in [-0.1, -0.05) is 0 Å². The lowest BCUT2D eigenvalue weighted by atomic mass is 10.2. The number of aromatic nitrogens is 1. The maximum Gasteiger partial charge on any atom is 0.185 e. The third-order valence-corrected chi connectivity index (χ3v) is 6.64. The molecule has 0 radical (unpaired) electrons. The molecular weight excluding hydrogens is 294 g/mol. The molecule has 0 saturated heterocycles. The number of anilines is 1. The number of nitrogens with one attached hydrogen (secondary N) is 1. The van der Waals surface area contributed by atoms with Gasteiger partial charge in [0.05, 0.1) is 4.75 Å². The van der Waals surface area contributed by atoms with Gasteiger partial charge >= 0.3 is 0 Å². The van der Waals surface area contributed by atoms with Crippen molar-refractivity contribution in [3.63, 3.8) is 0 Å². The SMILES string of the molecule is CCN(CC)c1ncc(CNCC(C)(C)S(C)(=O)=O)s1. The van der Waals surface area contributed by atoms with E-state index < -0.39 is 14.6 Å². The van der Waals surface area contributed by atoms with Crippen LogP contribution in [0.2, 0.25) is 0 Å². The van der Waals surface area contributed by atoms with Crippen LogP contribution in [0, 0.1) is 0 Å². The highest BCUT2D eigenvalue weighted by Crippen LogP contribution is 2.22. The van der Waals surface area contributed by atoms with E-state index in [1.54, 1.807) is 25.2 Å². The summed E-state index contributed by atoms with van der Waals surface area (Å²) in [5, 5.41) is 4.23. The average Bonchev–Trinajstić information content (AvgIpc) is 2.78. The largest absolute Gasteiger partial charge is 0.349 e. The fourth-order valence-corrected chi connectivity index (χ4v) is 3.01. The van der Waals surface area contributed by atoms with Gasteiger partial charge in [-0.15, -0.1) is 11.3 Å². The quantitative estimate of drug-likeness (QED) is 0.793. The standard InChI is InChI=1S/C13H25N3O2S2/c1-6-16(7-2)12-15-9-11(19-12)8-14-10-13(3,4)20(5,17)18/h9,14H,6-8,10H2,1-5H3. The molecule has 1 aromatic rings. The number of nitrogens with zero attached hydrogens (tertiary/aromatic N) is 2. The van der Waals surface area contributed by atoms with Crippen LogP contribution in [0.25, 0.3) is 0 Å². The molecule has 0 bridgehead atoms. The van der Waals surface area contributed by atoms with E-state index in [-0.39, 0.29) is 0 Å². The van der Waals surface area contributed by atoms with E-state index in [0.29, 0.717) is 13.1 Å². The monoisotopic (exact) mass is 319 g/mol. The fourth-order valence-electron chi connectivity index (χ4n) is 1.64. The Bertz CT molecular complexity index is 519. The highest BCUT2D eigenvalue weighted by atomic mass is 32.2. The molecule has 1 heterocycles. The lowest BCUT2D eigenvalue weighted by Gasteiger charge is -2.22. The molecule has 0 aromatic carbocycles. The number of sulfone groups is 1. The van der Waals surface area contributed by atoms with Crippen LogP contribution in [0.4, 0.5) is 5.13 Å².